The van der Waals surface area contributed by atoms with Crippen LogP contribution in [-0.4, -0.2) is 21.4 Å². The van der Waals surface area contributed by atoms with E-state index in [9.17, 15) is 13.2 Å². The Morgan fingerprint density at radius 3 is 2.30 bits per heavy atom. The Bertz CT molecular complexity index is 1130. The third-order valence-electron chi connectivity index (χ3n) is 4.18. The van der Waals surface area contributed by atoms with E-state index in [-0.39, 0.29) is 28.6 Å². The summed E-state index contributed by atoms with van der Waals surface area (Å²) in [6.45, 7) is 1.70. The summed E-state index contributed by atoms with van der Waals surface area (Å²) in [6, 6.07) is 20.1. The van der Waals surface area contributed by atoms with Crippen LogP contribution in [0.3, 0.4) is 0 Å². The highest BCUT2D eigenvalue weighted by atomic mass is 32.2. The van der Waals surface area contributed by atoms with Crippen molar-refractivity contribution >= 4 is 27.3 Å². The molecule has 0 aliphatic carbocycles. The molecular formula is C22H22N2O5S. The summed E-state index contributed by atoms with van der Waals surface area (Å²) in [5.74, 6) is 1.06. The molecule has 0 atom stereocenters. The minimum atomic E-state index is -3.95. The molecule has 0 unspecified atom stereocenters. The van der Waals surface area contributed by atoms with Gasteiger partial charge in [0.25, 0.3) is 10.0 Å². The second-order valence-electron chi connectivity index (χ2n) is 6.28. The smallest absolute Gasteiger partial charge is 0.262 e. The van der Waals surface area contributed by atoms with Crippen LogP contribution in [0.1, 0.15) is 13.3 Å². The summed E-state index contributed by atoms with van der Waals surface area (Å²) < 4.78 is 39.6. The number of hydrogen-bond donors (Lipinski definition) is 2. The van der Waals surface area contributed by atoms with E-state index in [0.717, 1.165) is 0 Å². The molecule has 0 saturated heterocycles. The van der Waals surface area contributed by atoms with Crippen LogP contribution in [0.5, 0.6) is 17.2 Å². The van der Waals surface area contributed by atoms with E-state index >= 15 is 0 Å². The second kappa shape index (κ2) is 9.32. The Morgan fingerprint density at radius 1 is 0.900 bits per heavy atom. The SMILES string of the molecule is CCC(=O)Nc1cc(S(=O)(=O)Nc2ccccc2Oc2ccccc2)ccc1OC. The highest BCUT2D eigenvalue weighted by Crippen LogP contribution is 2.32. The molecule has 3 aromatic carbocycles. The number of ether oxygens (including phenoxy) is 2. The Kier molecular flexibility index (Phi) is 6.58. The highest BCUT2D eigenvalue weighted by Gasteiger charge is 2.19. The molecule has 0 saturated carbocycles. The van der Waals surface area contributed by atoms with Crippen LogP contribution in [0.4, 0.5) is 11.4 Å². The van der Waals surface area contributed by atoms with Gasteiger partial charge >= 0.3 is 0 Å². The van der Waals surface area contributed by atoms with Gasteiger partial charge in [0.1, 0.15) is 11.5 Å². The number of carbonyl (C=O) groups is 1. The zero-order valence-electron chi connectivity index (χ0n) is 16.6. The quantitative estimate of drug-likeness (QED) is 0.547. The number of methoxy groups -OCH3 is 1. The fraction of sp³-hybridized carbons (Fsp3) is 0.136. The first-order valence-electron chi connectivity index (χ1n) is 9.25. The highest BCUT2D eigenvalue weighted by molar-refractivity contribution is 7.92. The van der Waals surface area contributed by atoms with Crippen LogP contribution < -0.4 is 19.5 Å². The van der Waals surface area contributed by atoms with E-state index in [4.69, 9.17) is 9.47 Å². The number of nitrogens with one attached hydrogen (secondary N) is 2. The molecule has 0 spiro atoms. The van der Waals surface area contributed by atoms with Gasteiger partial charge in [0, 0.05) is 6.42 Å². The van der Waals surface area contributed by atoms with E-state index in [1.807, 2.05) is 18.2 Å². The van der Waals surface area contributed by atoms with E-state index in [1.165, 1.54) is 25.3 Å². The molecule has 0 aromatic heterocycles. The molecule has 2 N–H and O–H groups in total. The maximum atomic E-state index is 13.0. The van der Waals surface area contributed by atoms with Gasteiger partial charge in [-0.25, -0.2) is 8.42 Å². The predicted octanol–water partition coefficient (Wildman–Crippen LogP) is 4.64. The molecule has 3 aromatic rings. The fourth-order valence-corrected chi connectivity index (χ4v) is 3.75. The lowest BCUT2D eigenvalue weighted by atomic mass is 10.3. The van der Waals surface area contributed by atoms with E-state index in [0.29, 0.717) is 17.2 Å². The fourth-order valence-electron chi connectivity index (χ4n) is 2.65. The summed E-state index contributed by atoms with van der Waals surface area (Å²) in [7, 11) is -2.51. The maximum Gasteiger partial charge on any atom is 0.262 e. The zero-order chi connectivity index (χ0) is 21.6. The van der Waals surface area contributed by atoms with Crippen molar-refractivity contribution in [1.82, 2.24) is 0 Å². The second-order valence-corrected chi connectivity index (χ2v) is 7.96. The van der Waals surface area contributed by atoms with Crippen molar-refractivity contribution in [2.24, 2.45) is 0 Å². The normalized spacial score (nSPS) is 10.9. The van der Waals surface area contributed by atoms with Crippen LogP contribution >= 0.6 is 0 Å². The Labute approximate surface area is 175 Å². The van der Waals surface area contributed by atoms with E-state index in [2.05, 4.69) is 10.0 Å². The van der Waals surface area contributed by atoms with Gasteiger partial charge in [-0.1, -0.05) is 37.3 Å². The third kappa shape index (κ3) is 5.09. The maximum absolute atomic E-state index is 13.0. The van der Waals surface area contributed by atoms with Gasteiger partial charge in [0.05, 0.1) is 23.4 Å². The lowest BCUT2D eigenvalue weighted by molar-refractivity contribution is -0.115. The van der Waals surface area contributed by atoms with Gasteiger partial charge in [0.15, 0.2) is 5.75 Å². The Hall–Kier alpha value is -3.52. The molecule has 30 heavy (non-hydrogen) atoms. The molecule has 0 bridgehead atoms. The number of para-hydroxylation sites is 3. The molecule has 156 valence electrons. The zero-order valence-corrected chi connectivity index (χ0v) is 17.4. The number of hydrogen-bond acceptors (Lipinski definition) is 5. The molecule has 7 nitrogen and oxygen atoms in total. The van der Waals surface area contributed by atoms with Gasteiger partial charge in [-0.2, -0.15) is 0 Å². The number of benzene rings is 3. The molecular weight excluding hydrogens is 404 g/mol. The van der Waals surface area contributed by atoms with Crippen molar-refractivity contribution in [1.29, 1.82) is 0 Å². The van der Waals surface area contributed by atoms with Crippen molar-refractivity contribution < 1.29 is 22.7 Å². The number of amides is 1. The Balaban J connectivity index is 1.90. The minimum Gasteiger partial charge on any atom is -0.495 e. The van der Waals surface area contributed by atoms with Crippen LogP contribution in [0.15, 0.2) is 77.7 Å². The van der Waals surface area contributed by atoms with Crippen molar-refractivity contribution in [2.45, 2.75) is 18.2 Å². The first-order chi connectivity index (χ1) is 14.4. The van der Waals surface area contributed by atoms with Crippen LogP contribution in [0, 0.1) is 0 Å². The molecule has 0 radical (unpaired) electrons. The first kappa shape index (κ1) is 21.2. The van der Waals surface area contributed by atoms with Gasteiger partial charge in [0.2, 0.25) is 5.91 Å². The molecule has 0 heterocycles. The lowest BCUT2D eigenvalue weighted by Crippen LogP contribution is -2.15. The molecule has 1 amide bonds. The summed E-state index contributed by atoms with van der Waals surface area (Å²) in [4.78, 5) is 11.7. The monoisotopic (exact) mass is 426 g/mol. The van der Waals surface area contributed by atoms with Crippen LogP contribution in [0.2, 0.25) is 0 Å². The number of sulfonamides is 1. The van der Waals surface area contributed by atoms with Crippen LogP contribution in [-0.2, 0) is 14.8 Å². The van der Waals surface area contributed by atoms with Gasteiger partial charge in [-0.3, -0.25) is 9.52 Å². The summed E-state index contributed by atoms with van der Waals surface area (Å²) in [5.41, 5.74) is 0.567. The average molecular weight is 426 g/mol. The minimum absolute atomic E-state index is 0.0239. The molecule has 0 aliphatic rings. The van der Waals surface area contributed by atoms with Crippen molar-refractivity contribution in [3.8, 4) is 17.2 Å². The van der Waals surface area contributed by atoms with E-state index < -0.39 is 10.0 Å². The number of rotatable bonds is 8. The van der Waals surface area contributed by atoms with Crippen molar-refractivity contribution in [3.63, 3.8) is 0 Å². The van der Waals surface area contributed by atoms with Gasteiger partial charge in [-0.15, -0.1) is 0 Å². The Morgan fingerprint density at radius 2 is 1.60 bits per heavy atom. The number of anilines is 2. The average Bonchev–Trinajstić information content (AvgIpc) is 2.75. The number of carbonyl (C=O) groups excluding carboxylic acids is 1. The van der Waals surface area contributed by atoms with E-state index in [1.54, 1.807) is 43.3 Å². The van der Waals surface area contributed by atoms with Crippen molar-refractivity contribution in [3.05, 3.63) is 72.8 Å². The van der Waals surface area contributed by atoms with Gasteiger partial charge < -0.3 is 14.8 Å². The standard InChI is InChI=1S/C22H22N2O5S/c1-3-22(25)23-19-15-17(13-14-20(19)28-2)30(26,27)24-18-11-7-8-12-21(18)29-16-9-5-4-6-10-16/h4-15,24H,3H2,1-2H3,(H,23,25). The third-order valence-corrected chi connectivity index (χ3v) is 5.54. The molecule has 0 aliphatic heterocycles. The first-order valence-corrected chi connectivity index (χ1v) is 10.7. The topological polar surface area (TPSA) is 93.7 Å². The summed E-state index contributed by atoms with van der Waals surface area (Å²) in [6.07, 6.45) is 0.253. The van der Waals surface area contributed by atoms with Crippen LogP contribution in [0.25, 0.3) is 0 Å². The van der Waals surface area contributed by atoms with Gasteiger partial charge in [-0.05, 0) is 42.5 Å². The molecule has 3 rings (SSSR count). The molecule has 8 heteroatoms. The summed E-state index contributed by atoms with van der Waals surface area (Å²) >= 11 is 0. The predicted molar refractivity (Wildman–Crippen MR) is 116 cm³/mol. The largest absolute Gasteiger partial charge is 0.495 e. The summed E-state index contributed by atoms with van der Waals surface area (Å²) in [5, 5.41) is 2.65. The van der Waals surface area contributed by atoms with Crippen molar-refractivity contribution in [2.75, 3.05) is 17.1 Å². The molecule has 0 fully saturated rings. The lowest BCUT2D eigenvalue weighted by Gasteiger charge is -2.15.